The van der Waals surface area contributed by atoms with Crippen LogP contribution in [-0.2, 0) is 14.8 Å². The molecule has 1 fully saturated rings. The number of nitrogens with zero attached hydrogens (tertiary/aromatic N) is 1. The van der Waals surface area contributed by atoms with Gasteiger partial charge in [-0.25, -0.2) is 13.1 Å². The molecule has 1 aromatic carbocycles. The van der Waals surface area contributed by atoms with Crippen molar-refractivity contribution >= 4 is 21.6 Å². The van der Waals surface area contributed by atoms with Crippen LogP contribution in [0.25, 0.3) is 11.3 Å². The Labute approximate surface area is 158 Å². The monoisotopic (exact) mass is 396 g/mol. The average Bonchev–Trinajstić information content (AvgIpc) is 2.61. The molecule has 8 heteroatoms. The van der Waals surface area contributed by atoms with Crippen molar-refractivity contribution in [2.75, 3.05) is 26.1 Å². The number of hydrogen-bond donors (Lipinski definition) is 1. The zero-order valence-corrected chi connectivity index (χ0v) is 16.0. The topological polar surface area (TPSA) is 77.5 Å². The first-order valence-corrected chi connectivity index (χ1v) is 10.6. The summed E-state index contributed by atoms with van der Waals surface area (Å²) in [6, 6.07) is 11.0. The van der Waals surface area contributed by atoms with E-state index < -0.39 is 10.0 Å². The lowest BCUT2D eigenvalue weighted by Crippen LogP contribution is -2.48. The van der Waals surface area contributed by atoms with Gasteiger partial charge in [0.05, 0.1) is 36.2 Å². The molecule has 2 aromatic rings. The van der Waals surface area contributed by atoms with Crippen LogP contribution in [0, 0.1) is 5.92 Å². The second-order valence-corrected chi connectivity index (χ2v) is 8.53. The van der Waals surface area contributed by atoms with Gasteiger partial charge in [0.25, 0.3) is 0 Å². The molecule has 3 rings (SSSR count). The molecule has 0 saturated carbocycles. The van der Waals surface area contributed by atoms with Crippen molar-refractivity contribution in [1.29, 1.82) is 0 Å². The minimum atomic E-state index is -3.28. The van der Waals surface area contributed by atoms with Crippen LogP contribution < -0.4 is 9.46 Å². The number of rotatable bonds is 6. The summed E-state index contributed by atoms with van der Waals surface area (Å²) in [5, 5.41) is 0.599. The lowest BCUT2D eigenvalue weighted by atomic mass is 9.97. The number of halogens is 1. The number of hydrogen-bond acceptors (Lipinski definition) is 5. The predicted octanol–water partition coefficient (Wildman–Crippen LogP) is 2.74. The fraction of sp³-hybridized carbons (Fsp3) is 0.389. The molecule has 1 aliphatic rings. The van der Waals surface area contributed by atoms with Gasteiger partial charge in [0, 0.05) is 24.3 Å². The van der Waals surface area contributed by atoms with Crippen LogP contribution in [0.5, 0.6) is 5.75 Å². The Kier molecular flexibility index (Phi) is 6.13. The van der Waals surface area contributed by atoms with E-state index in [9.17, 15) is 8.42 Å². The van der Waals surface area contributed by atoms with E-state index in [1.165, 1.54) is 0 Å². The second-order valence-electron chi connectivity index (χ2n) is 6.32. The predicted molar refractivity (Wildman–Crippen MR) is 101 cm³/mol. The number of nitrogens with one attached hydrogen (secondary N) is 1. The van der Waals surface area contributed by atoms with Gasteiger partial charge in [-0.2, -0.15) is 0 Å². The van der Waals surface area contributed by atoms with E-state index in [1.807, 2.05) is 30.3 Å². The van der Waals surface area contributed by atoms with Crippen LogP contribution in [0.15, 0.2) is 42.6 Å². The minimum absolute atomic E-state index is 0.0658. The van der Waals surface area contributed by atoms with E-state index in [4.69, 9.17) is 21.1 Å². The van der Waals surface area contributed by atoms with Gasteiger partial charge in [-0.3, -0.25) is 4.98 Å². The summed E-state index contributed by atoms with van der Waals surface area (Å²) in [5.41, 5.74) is 1.81. The fourth-order valence-corrected chi connectivity index (χ4v) is 3.78. The molecule has 1 N–H and O–H groups in total. The molecule has 2 atom stereocenters. The lowest BCUT2D eigenvalue weighted by molar-refractivity contribution is 0.0275. The maximum Gasteiger partial charge on any atom is 0.209 e. The first-order valence-electron chi connectivity index (χ1n) is 8.30. The van der Waals surface area contributed by atoms with E-state index in [0.717, 1.165) is 29.7 Å². The van der Waals surface area contributed by atoms with Crippen molar-refractivity contribution in [3.05, 3.63) is 47.6 Å². The van der Waals surface area contributed by atoms with Crippen molar-refractivity contribution in [2.24, 2.45) is 5.92 Å². The maximum atomic E-state index is 11.5. The Bertz CT molecular complexity index is 825. The van der Waals surface area contributed by atoms with Crippen LogP contribution in [0.3, 0.4) is 0 Å². The first kappa shape index (κ1) is 19.1. The summed E-state index contributed by atoms with van der Waals surface area (Å²) in [6.07, 6.45) is 3.52. The highest BCUT2D eigenvalue weighted by Gasteiger charge is 2.28. The van der Waals surface area contributed by atoms with Crippen molar-refractivity contribution in [3.63, 3.8) is 0 Å². The molecule has 1 saturated heterocycles. The molecular formula is C18H21ClN2O4S. The molecule has 1 aromatic heterocycles. The van der Waals surface area contributed by atoms with Crippen LogP contribution in [0.4, 0.5) is 0 Å². The molecule has 0 aliphatic carbocycles. The maximum absolute atomic E-state index is 11.5. The minimum Gasteiger partial charge on any atom is -0.493 e. The van der Waals surface area contributed by atoms with Crippen LogP contribution in [-0.4, -0.2) is 45.5 Å². The number of pyridine rings is 1. The number of aromatic nitrogens is 1. The van der Waals surface area contributed by atoms with Gasteiger partial charge in [-0.05, 0) is 42.8 Å². The third kappa shape index (κ3) is 5.41. The van der Waals surface area contributed by atoms with Crippen molar-refractivity contribution < 1.29 is 17.9 Å². The molecule has 6 nitrogen and oxygen atoms in total. The Balaban J connectivity index is 1.61. The average molecular weight is 397 g/mol. The zero-order chi connectivity index (χ0) is 18.6. The van der Waals surface area contributed by atoms with Crippen molar-refractivity contribution in [2.45, 2.75) is 12.5 Å². The number of benzene rings is 1. The zero-order valence-electron chi connectivity index (χ0n) is 14.4. The molecule has 0 radical (unpaired) electrons. The highest BCUT2D eigenvalue weighted by Crippen LogP contribution is 2.23. The van der Waals surface area contributed by atoms with E-state index in [0.29, 0.717) is 24.8 Å². The molecule has 140 valence electrons. The number of sulfonamides is 1. The Morgan fingerprint density at radius 2 is 2.04 bits per heavy atom. The largest absolute Gasteiger partial charge is 0.493 e. The Morgan fingerprint density at radius 3 is 2.69 bits per heavy atom. The molecule has 26 heavy (non-hydrogen) atoms. The van der Waals surface area contributed by atoms with Crippen molar-refractivity contribution in [1.82, 2.24) is 9.71 Å². The van der Waals surface area contributed by atoms with Gasteiger partial charge in [0.1, 0.15) is 5.75 Å². The summed E-state index contributed by atoms with van der Waals surface area (Å²) in [4.78, 5) is 4.29. The summed E-state index contributed by atoms with van der Waals surface area (Å²) >= 11 is 5.86. The smallest absolute Gasteiger partial charge is 0.209 e. The van der Waals surface area contributed by atoms with E-state index >= 15 is 0 Å². The Hall–Kier alpha value is -1.67. The highest BCUT2D eigenvalue weighted by molar-refractivity contribution is 7.88. The van der Waals surface area contributed by atoms with Crippen LogP contribution in [0.1, 0.15) is 6.42 Å². The SMILES string of the molecule is CS(=O)(=O)N[C@H]1COCC[C@@H]1COc1ccc(-c2ccc(Cl)cn2)cc1. The quantitative estimate of drug-likeness (QED) is 0.812. The van der Waals surface area contributed by atoms with E-state index in [2.05, 4.69) is 9.71 Å². The third-order valence-corrected chi connectivity index (χ3v) is 5.16. The molecule has 0 amide bonds. The van der Waals surface area contributed by atoms with Gasteiger partial charge in [-0.15, -0.1) is 0 Å². The fourth-order valence-electron chi connectivity index (χ4n) is 2.86. The molecule has 0 spiro atoms. The third-order valence-electron chi connectivity index (χ3n) is 4.21. The highest BCUT2D eigenvalue weighted by atomic mass is 35.5. The van der Waals surface area contributed by atoms with Gasteiger partial charge >= 0.3 is 0 Å². The molecule has 2 heterocycles. The Morgan fingerprint density at radius 1 is 1.27 bits per heavy atom. The molecule has 0 bridgehead atoms. The normalized spacial score (nSPS) is 20.7. The van der Waals surface area contributed by atoms with Crippen LogP contribution in [0.2, 0.25) is 5.02 Å². The number of ether oxygens (including phenoxy) is 2. The lowest BCUT2D eigenvalue weighted by Gasteiger charge is -2.31. The van der Waals surface area contributed by atoms with Gasteiger partial charge in [-0.1, -0.05) is 11.6 Å². The van der Waals surface area contributed by atoms with Crippen LogP contribution >= 0.6 is 11.6 Å². The van der Waals surface area contributed by atoms with Gasteiger partial charge in [0.15, 0.2) is 0 Å². The molecule has 0 unspecified atom stereocenters. The van der Waals surface area contributed by atoms with E-state index in [1.54, 1.807) is 12.3 Å². The van der Waals surface area contributed by atoms with Gasteiger partial charge < -0.3 is 9.47 Å². The van der Waals surface area contributed by atoms with Gasteiger partial charge in [0.2, 0.25) is 10.0 Å². The molecular weight excluding hydrogens is 376 g/mol. The summed E-state index contributed by atoms with van der Waals surface area (Å²) in [5.74, 6) is 0.795. The first-order chi connectivity index (χ1) is 12.4. The standard InChI is InChI=1S/C18H21ClN2O4S/c1-26(22,23)21-18-12-24-9-8-14(18)11-25-16-5-2-13(3-6-16)17-7-4-15(19)10-20-17/h2-7,10,14,18,21H,8-9,11-12H2,1H3/t14-,18+/m1/s1. The van der Waals surface area contributed by atoms with E-state index in [-0.39, 0.29) is 12.0 Å². The summed E-state index contributed by atoms with van der Waals surface area (Å²) in [6.45, 7) is 1.40. The molecule has 1 aliphatic heterocycles. The summed E-state index contributed by atoms with van der Waals surface area (Å²) < 4.78 is 36.9. The van der Waals surface area contributed by atoms with Crippen molar-refractivity contribution in [3.8, 4) is 17.0 Å². The summed E-state index contributed by atoms with van der Waals surface area (Å²) in [7, 11) is -3.28. The second kappa shape index (κ2) is 8.35.